The number of nitrogens with zero attached hydrogens (tertiary/aromatic N) is 1. The first-order valence-electron chi connectivity index (χ1n) is 6.04. The lowest BCUT2D eigenvalue weighted by molar-refractivity contribution is -0.127. The average molecular weight is 226 g/mol. The van der Waals surface area contributed by atoms with E-state index in [4.69, 9.17) is 0 Å². The summed E-state index contributed by atoms with van der Waals surface area (Å²) in [5, 5.41) is 2.91. The van der Waals surface area contributed by atoms with Crippen LogP contribution in [-0.4, -0.2) is 42.3 Å². The molecule has 92 valence electrons. The number of amides is 1. The van der Waals surface area contributed by atoms with E-state index in [1.165, 1.54) is 0 Å². The molecule has 1 fully saturated rings. The van der Waals surface area contributed by atoms with Crippen molar-refractivity contribution in [2.24, 2.45) is 5.92 Å². The number of hydrogen-bond acceptors (Lipinski definition) is 3. The van der Waals surface area contributed by atoms with Crippen LogP contribution in [-0.2, 0) is 9.59 Å². The van der Waals surface area contributed by atoms with Crippen molar-refractivity contribution in [2.75, 3.05) is 13.1 Å². The quantitative estimate of drug-likeness (QED) is 0.722. The van der Waals surface area contributed by atoms with Crippen LogP contribution in [0.3, 0.4) is 0 Å². The van der Waals surface area contributed by atoms with Gasteiger partial charge in [-0.1, -0.05) is 0 Å². The van der Waals surface area contributed by atoms with Crippen molar-refractivity contribution in [3.05, 3.63) is 0 Å². The van der Waals surface area contributed by atoms with Crippen LogP contribution in [0, 0.1) is 5.92 Å². The second kappa shape index (κ2) is 5.99. The summed E-state index contributed by atoms with van der Waals surface area (Å²) in [5.74, 6) is 0.274. The Kier molecular flexibility index (Phi) is 4.93. The molecule has 1 aliphatic heterocycles. The Labute approximate surface area is 97.4 Å². The summed E-state index contributed by atoms with van der Waals surface area (Å²) in [6.45, 7) is 7.54. The lowest BCUT2D eigenvalue weighted by Crippen LogP contribution is -2.49. The number of aldehydes is 1. The number of rotatable bonds is 4. The van der Waals surface area contributed by atoms with Crippen molar-refractivity contribution < 1.29 is 9.59 Å². The van der Waals surface area contributed by atoms with Crippen LogP contribution in [0.5, 0.6) is 0 Å². The highest BCUT2D eigenvalue weighted by Crippen LogP contribution is 2.17. The Morgan fingerprint density at radius 2 is 1.88 bits per heavy atom. The molecule has 0 aromatic carbocycles. The zero-order chi connectivity index (χ0) is 12.1. The molecular weight excluding hydrogens is 204 g/mol. The third-order valence-corrected chi connectivity index (χ3v) is 3.12. The first kappa shape index (κ1) is 13.2. The minimum atomic E-state index is -0.0880. The minimum Gasteiger partial charge on any atom is -0.353 e. The molecule has 1 rings (SSSR count). The minimum absolute atomic E-state index is 0.0829. The second-order valence-electron chi connectivity index (χ2n) is 4.85. The molecule has 1 saturated heterocycles. The maximum absolute atomic E-state index is 11.8. The van der Waals surface area contributed by atoms with Crippen molar-refractivity contribution >= 4 is 12.2 Å². The smallest absolute Gasteiger partial charge is 0.237 e. The van der Waals surface area contributed by atoms with Gasteiger partial charge < -0.3 is 10.1 Å². The van der Waals surface area contributed by atoms with Gasteiger partial charge in [-0.15, -0.1) is 0 Å². The van der Waals surface area contributed by atoms with E-state index in [1.54, 1.807) is 0 Å². The van der Waals surface area contributed by atoms with Crippen molar-refractivity contribution in [3.63, 3.8) is 0 Å². The topological polar surface area (TPSA) is 49.4 Å². The summed E-state index contributed by atoms with van der Waals surface area (Å²) in [4.78, 5) is 24.5. The molecule has 1 aliphatic rings. The number of carbonyl (C=O) groups is 2. The van der Waals surface area contributed by atoms with Gasteiger partial charge in [0.1, 0.15) is 6.29 Å². The standard InChI is InChI=1S/C12H22N2O2/c1-9(2)13-12(16)10(3)14-6-4-11(8-15)5-7-14/h8-11H,4-7H2,1-3H3,(H,13,16). The van der Waals surface area contributed by atoms with Crippen LogP contribution in [0.4, 0.5) is 0 Å². The first-order chi connectivity index (χ1) is 7.54. The maximum Gasteiger partial charge on any atom is 0.237 e. The highest BCUT2D eigenvalue weighted by atomic mass is 16.2. The van der Waals surface area contributed by atoms with Crippen LogP contribution >= 0.6 is 0 Å². The first-order valence-corrected chi connectivity index (χ1v) is 6.04. The molecule has 0 saturated carbocycles. The number of piperidine rings is 1. The fourth-order valence-corrected chi connectivity index (χ4v) is 2.01. The van der Waals surface area contributed by atoms with Crippen molar-refractivity contribution in [2.45, 2.75) is 45.7 Å². The van der Waals surface area contributed by atoms with E-state index >= 15 is 0 Å². The van der Waals surface area contributed by atoms with Crippen molar-refractivity contribution in [1.29, 1.82) is 0 Å². The van der Waals surface area contributed by atoms with E-state index < -0.39 is 0 Å². The molecule has 1 atom stereocenters. The van der Waals surface area contributed by atoms with Crippen LogP contribution in [0.2, 0.25) is 0 Å². The summed E-state index contributed by atoms with van der Waals surface area (Å²) in [6.07, 6.45) is 2.79. The molecule has 0 aromatic heterocycles. The Morgan fingerprint density at radius 1 is 1.31 bits per heavy atom. The summed E-state index contributed by atoms with van der Waals surface area (Å²) in [7, 11) is 0. The van der Waals surface area contributed by atoms with Crippen LogP contribution < -0.4 is 5.32 Å². The molecule has 16 heavy (non-hydrogen) atoms. The predicted molar refractivity (Wildman–Crippen MR) is 63.1 cm³/mol. The van der Waals surface area contributed by atoms with Gasteiger partial charge in [-0.05, 0) is 46.7 Å². The zero-order valence-corrected chi connectivity index (χ0v) is 10.4. The summed E-state index contributed by atoms with van der Waals surface area (Å²) in [6, 6.07) is 0.0949. The summed E-state index contributed by atoms with van der Waals surface area (Å²) in [5.41, 5.74) is 0. The molecule has 4 nitrogen and oxygen atoms in total. The number of nitrogens with one attached hydrogen (secondary N) is 1. The number of carbonyl (C=O) groups excluding carboxylic acids is 2. The van der Waals surface area contributed by atoms with Gasteiger partial charge in [0.15, 0.2) is 0 Å². The van der Waals surface area contributed by atoms with Gasteiger partial charge in [-0.25, -0.2) is 0 Å². The summed E-state index contributed by atoms with van der Waals surface area (Å²) >= 11 is 0. The van der Waals surface area contributed by atoms with Gasteiger partial charge in [-0.2, -0.15) is 0 Å². The van der Waals surface area contributed by atoms with Gasteiger partial charge in [-0.3, -0.25) is 9.69 Å². The zero-order valence-electron chi connectivity index (χ0n) is 10.4. The van der Waals surface area contributed by atoms with Crippen LogP contribution in [0.15, 0.2) is 0 Å². The maximum atomic E-state index is 11.8. The molecule has 1 N–H and O–H groups in total. The summed E-state index contributed by atoms with van der Waals surface area (Å²) < 4.78 is 0. The normalized spacial score (nSPS) is 20.8. The highest BCUT2D eigenvalue weighted by Gasteiger charge is 2.26. The Bertz CT molecular complexity index is 245. The average Bonchev–Trinajstić information content (AvgIpc) is 2.27. The lowest BCUT2D eigenvalue weighted by Gasteiger charge is -2.33. The molecular formula is C12H22N2O2. The third-order valence-electron chi connectivity index (χ3n) is 3.12. The highest BCUT2D eigenvalue weighted by molar-refractivity contribution is 5.81. The lowest BCUT2D eigenvalue weighted by atomic mass is 9.97. The largest absolute Gasteiger partial charge is 0.353 e. The van der Waals surface area contributed by atoms with E-state index in [0.29, 0.717) is 0 Å². The molecule has 0 aromatic rings. The fourth-order valence-electron chi connectivity index (χ4n) is 2.01. The van der Waals surface area contributed by atoms with E-state index in [9.17, 15) is 9.59 Å². The van der Waals surface area contributed by atoms with Gasteiger partial charge >= 0.3 is 0 Å². The molecule has 1 amide bonds. The van der Waals surface area contributed by atoms with Crippen LogP contribution in [0.25, 0.3) is 0 Å². The molecule has 0 radical (unpaired) electrons. The second-order valence-corrected chi connectivity index (χ2v) is 4.85. The Balaban J connectivity index is 2.40. The van der Waals surface area contributed by atoms with Crippen molar-refractivity contribution in [3.8, 4) is 0 Å². The Morgan fingerprint density at radius 3 is 2.31 bits per heavy atom. The van der Waals surface area contributed by atoms with E-state index in [0.717, 1.165) is 32.2 Å². The van der Waals surface area contributed by atoms with Gasteiger partial charge in [0.2, 0.25) is 5.91 Å². The SMILES string of the molecule is CC(C)NC(=O)C(C)N1CCC(C=O)CC1. The van der Waals surface area contributed by atoms with E-state index in [2.05, 4.69) is 10.2 Å². The molecule has 1 unspecified atom stereocenters. The van der Waals surface area contributed by atoms with Gasteiger partial charge in [0, 0.05) is 12.0 Å². The van der Waals surface area contributed by atoms with Gasteiger partial charge in [0.05, 0.1) is 6.04 Å². The molecule has 1 heterocycles. The molecule has 4 heteroatoms. The molecule has 0 spiro atoms. The molecule has 0 bridgehead atoms. The molecule has 0 aliphatic carbocycles. The number of likely N-dealkylation sites (tertiary alicyclic amines) is 1. The van der Waals surface area contributed by atoms with Crippen LogP contribution in [0.1, 0.15) is 33.6 Å². The van der Waals surface area contributed by atoms with Gasteiger partial charge in [0.25, 0.3) is 0 Å². The predicted octanol–water partition coefficient (Wildman–Crippen LogP) is 0.810. The Hall–Kier alpha value is -0.900. The monoisotopic (exact) mass is 226 g/mol. The van der Waals surface area contributed by atoms with E-state index in [-0.39, 0.29) is 23.9 Å². The fraction of sp³-hybridized carbons (Fsp3) is 0.833. The van der Waals surface area contributed by atoms with E-state index in [1.807, 2.05) is 20.8 Å². The number of hydrogen-bond donors (Lipinski definition) is 1. The van der Waals surface area contributed by atoms with Crippen molar-refractivity contribution in [1.82, 2.24) is 10.2 Å². The third kappa shape index (κ3) is 3.59.